The van der Waals surface area contributed by atoms with E-state index in [4.69, 9.17) is 19.7 Å². The molecular formula is C31H61IN4O6S. The number of nitrogens with one attached hydrogen (secondary N) is 1. The number of ether oxygens (including phenoxy) is 2. The van der Waals surface area contributed by atoms with Gasteiger partial charge in [0.05, 0.1) is 11.3 Å². The van der Waals surface area contributed by atoms with Gasteiger partial charge < -0.3 is 25.0 Å². The molecule has 0 aliphatic heterocycles. The zero-order valence-electron chi connectivity index (χ0n) is 27.3. The number of sulfonamides is 1. The average molecular weight is 745 g/mol. The van der Waals surface area contributed by atoms with Crippen molar-refractivity contribution in [2.75, 3.05) is 33.3 Å². The lowest BCUT2D eigenvalue weighted by molar-refractivity contribution is 0.0691. The number of nitrogens with two attached hydrogens (primary N) is 1. The number of hydrogen-bond acceptors (Lipinski definition) is 8. The Kier molecular flexibility index (Phi) is 24.5. The summed E-state index contributed by atoms with van der Waals surface area (Å²) in [5, 5.41) is 6.49. The van der Waals surface area contributed by atoms with Gasteiger partial charge in [0.25, 0.3) is 5.88 Å². The summed E-state index contributed by atoms with van der Waals surface area (Å²) in [4.78, 5) is 12.3. The maximum Gasteiger partial charge on any atom is 0.407 e. The molecule has 1 amide bonds. The minimum Gasteiger partial charge on any atom is -0.467 e. The van der Waals surface area contributed by atoms with Crippen LogP contribution in [0.25, 0.3) is 0 Å². The second kappa shape index (κ2) is 25.1. The highest BCUT2D eigenvalue weighted by Crippen LogP contribution is 2.24. The maximum absolute atomic E-state index is 13.1. The van der Waals surface area contributed by atoms with Gasteiger partial charge in [0, 0.05) is 19.7 Å². The molecule has 1 aromatic rings. The molecule has 1 atom stereocenters. The van der Waals surface area contributed by atoms with Crippen LogP contribution in [0.15, 0.2) is 16.9 Å². The van der Waals surface area contributed by atoms with Crippen LogP contribution >= 0.6 is 24.0 Å². The second-order valence-corrected chi connectivity index (χ2v) is 14.7. The standard InChI is InChI=1S/C31H60N4O6S.HI/c1-5-6-7-8-9-10-11-12-13-14-15-16-17-18-19-20-24-33-30(36)39-27-28(41-29-21-25-40-34-29)26-35(4)42(37,38)31(2,3)22-23-32;/h21,25,28H,5-20,22-24,26-27,32H2,1-4H3,(H,33,36);1H. The Bertz CT molecular complexity index is 902. The van der Waals surface area contributed by atoms with Gasteiger partial charge in [0.15, 0.2) is 0 Å². The number of halogens is 1. The Labute approximate surface area is 279 Å². The van der Waals surface area contributed by atoms with E-state index in [-0.39, 0.29) is 49.6 Å². The topological polar surface area (TPSA) is 137 Å². The molecule has 0 spiro atoms. The Balaban J connectivity index is 0.0000176. The summed E-state index contributed by atoms with van der Waals surface area (Å²) >= 11 is 0. The fraction of sp³-hybridized carbons (Fsp3) is 0.871. The first-order valence-corrected chi connectivity index (χ1v) is 17.7. The van der Waals surface area contributed by atoms with Crippen LogP contribution in [0, 0.1) is 0 Å². The molecule has 0 aromatic carbocycles. The van der Waals surface area contributed by atoms with Gasteiger partial charge in [-0.3, -0.25) is 0 Å². The number of hydrogen-bond donors (Lipinski definition) is 2. The van der Waals surface area contributed by atoms with Gasteiger partial charge in [-0.1, -0.05) is 103 Å². The number of unbranched alkanes of at least 4 members (excludes halogenated alkanes) is 15. The molecule has 0 saturated heterocycles. The SMILES string of the molecule is CCCCCCCCCCCCCCCCCCNC(=O)OCC(CN(C)S(=O)(=O)C(C)(C)CCN)Oc1ccon1.I. The average Bonchev–Trinajstić information content (AvgIpc) is 3.46. The lowest BCUT2D eigenvalue weighted by atomic mass is 10.0. The summed E-state index contributed by atoms with van der Waals surface area (Å²) in [6.45, 7) is 6.16. The lowest BCUT2D eigenvalue weighted by Gasteiger charge is -2.31. The zero-order valence-corrected chi connectivity index (χ0v) is 30.5. The summed E-state index contributed by atoms with van der Waals surface area (Å²) in [5.41, 5.74) is 5.61. The summed E-state index contributed by atoms with van der Waals surface area (Å²) in [6.07, 6.45) is 21.1. The van der Waals surface area contributed by atoms with Crippen molar-refractivity contribution < 1.29 is 27.2 Å². The van der Waals surface area contributed by atoms with Crippen LogP contribution in [0.3, 0.4) is 0 Å². The second-order valence-electron chi connectivity index (χ2n) is 12.0. The Morgan fingerprint density at radius 1 is 0.977 bits per heavy atom. The molecule has 1 rings (SSSR count). The summed E-state index contributed by atoms with van der Waals surface area (Å²) in [6, 6.07) is 1.51. The molecule has 0 radical (unpaired) electrons. The van der Waals surface area contributed by atoms with Crippen LogP contribution in [-0.2, 0) is 14.8 Å². The minimum atomic E-state index is -3.68. The summed E-state index contributed by atoms with van der Waals surface area (Å²) < 4.78 is 42.2. The van der Waals surface area contributed by atoms with Gasteiger partial charge >= 0.3 is 6.09 Å². The van der Waals surface area contributed by atoms with Crippen molar-refractivity contribution in [3.05, 3.63) is 12.3 Å². The van der Waals surface area contributed by atoms with E-state index in [1.54, 1.807) is 13.8 Å². The summed E-state index contributed by atoms with van der Waals surface area (Å²) in [5.74, 6) is 0.184. The molecule has 1 heterocycles. The molecule has 10 nitrogen and oxygen atoms in total. The number of likely N-dealkylation sites (N-methyl/N-ethyl adjacent to an activating group) is 1. The van der Waals surface area contributed by atoms with Gasteiger partial charge in [-0.05, 0) is 38.4 Å². The number of rotatable bonds is 27. The Morgan fingerprint density at radius 3 is 1.95 bits per heavy atom. The van der Waals surface area contributed by atoms with Crippen molar-refractivity contribution in [2.24, 2.45) is 5.73 Å². The highest BCUT2D eigenvalue weighted by molar-refractivity contribution is 14.0. The van der Waals surface area contributed by atoms with E-state index < -0.39 is 27.0 Å². The third kappa shape index (κ3) is 19.1. The number of carbonyl (C=O) groups is 1. The molecule has 254 valence electrons. The largest absolute Gasteiger partial charge is 0.467 e. The molecule has 1 aromatic heterocycles. The van der Waals surface area contributed by atoms with Crippen LogP contribution in [0.2, 0.25) is 0 Å². The number of aromatic nitrogens is 1. The molecule has 0 aliphatic carbocycles. The first-order valence-electron chi connectivity index (χ1n) is 16.3. The molecule has 43 heavy (non-hydrogen) atoms. The van der Waals surface area contributed by atoms with Crippen molar-refractivity contribution >= 4 is 40.1 Å². The number of alkyl carbamates (subject to hydrolysis) is 1. The lowest BCUT2D eigenvalue weighted by Crippen LogP contribution is -2.48. The minimum absolute atomic E-state index is 0. The van der Waals surface area contributed by atoms with E-state index >= 15 is 0 Å². The van der Waals surface area contributed by atoms with E-state index in [0.29, 0.717) is 13.0 Å². The van der Waals surface area contributed by atoms with E-state index in [9.17, 15) is 13.2 Å². The van der Waals surface area contributed by atoms with Crippen molar-refractivity contribution in [1.82, 2.24) is 14.8 Å². The normalized spacial score (nSPS) is 12.6. The van der Waals surface area contributed by atoms with Crippen molar-refractivity contribution in [3.8, 4) is 5.88 Å². The fourth-order valence-corrected chi connectivity index (χ4v) is 6.51. The maximum atomic E-state index is 13.1. The van der Waals surface area contributed by atoms with Gasteiger partial charge in [-0.2, -0.15) is 0 Å². The van der Waals surface area contributed by atoms with E-state index in [0.717, 1.165) is 12.8 Å². The Hall–Kier alpha value is -1.12. The number of amides is 1. The van der Waals surface area contributed by atoms with Crippen molar-refractivity contribution in [1.29, 1.82) is 0 Å². The zero-order chi connectivity index (χ0) is 31.1. The van der Waals surface area contributed by atoms with Crippen molar-refractivity contribution in [3.63, 3.8) is 0 Å². The van der Waals surface area contributed by atoms with Crippen LogP contribution < -0.4 is 15.8 Å². The summed E-state index contributed by atoms with van der Waals surface area (Å²) in [7, 11) is -2.20. The predicted octanol–water partition coefficient (Wildman–Crippen LogP) is 7.42. The van der Waals surface area contributed by atoms with Crippen LogP contribution in [0.4, 0.5) is 4.79 Å². The van der Waals surface area contributed by atoms with Crippen LogP contribution in [0.1, 0.15) is 130 Å². The van der Waals surface area contributed by atoms with Gasteiger partial charge in [0.2, 0.25) is 10.0 Å². The van der Waals surface area contributed by atoms with E-state index in [2.05, 4.69) is 17.4 Å². The van der Waals surface area contributed by atoms with Gasteiger partial charge in [-0.25, -0.2) is 17.5 Å². The van der Waals surface area contributed by atoms with Crippen LogP contribution in [0.5, 0.6) is 5.88 Å². The molecule has 0 saturated carbocycles. The molecular weight excluding hydrogens is 683 g/mol. The van der Waals surface area contributed by atoms with Gasteiger partial charge in [0.1, 0.15) is 19.0 Å². The number of carbonyl (C=O) groups excluding carboxylic acids is 1. The number of nitrogens with zero attached hydrogens (tertiary/aromatic N) is 2. The molecule has 12 heteroatoms. The smallest absolute Gasteiger partial charge is 0.407 e. The fourth-order valence-electron chi connectivity index (χ4n) is 4.92. The predicted molar refractivity (Wildman–Crippen MR) is 185 cm³/mol. The van der Waals surface area contributed by atoms with Crippen molar-refractivity contribution in [2.45, 2.75) is 141 Å². The molecule has 0 aliphatic rings. The molecule has 0 bridgehead atoms. The Morgan fingerprint density at radius 2 is 1.49 bits per heavy atom. The third-order valence-electron chi connectivity index (χ3n) is 7.72. The first-order chi connectivity index (χ1) is 20.1. The monoisotopic (exact) mass is 744 g/mol. The third-order valence-corrected chi connectivity index (χ3v) is 10.3. The van der Waals surface area contributed by atoms with E-state index in [1.165, 1.54) is 114 Å². The first kappa shape index (κ1) is 41.9. The highest BCUT2D eigenvalue weighted by Gasteiger charge is 2.38. The highest BCUT2D eigenvalue weighted by atomic mass is 127. The van der Waals surface area contributed by atoms with E-state index in [1.807, 2.05) is 0 Å². The quantitative estimate of drug-likeness (QED) is 0.0702. The molecule has 3 N–H and O–H groups in total. The molecule has 1 unspecified atom stereocenters. The molecule has 0 fully saturated rings. The van der Waals surface area contributed by atoms with Crippen LogP contribution in [-0.4, -0.2) is 68.1 Å². The van der Waals surface area contributed by atoms with Gasteiger partial charge in [-0.15, -0.1) is 24.0 Å².